The quantitative estimate of drug-likeness (QED) is 0.622. The summed E-state index contributed by atoms with van der Waals surface area (Å²) in [5, 5.41) is 0. The second kappa shape index (κ2) is 2.77. The molecule has 0 N–H and O–H groups in total. The van der Waals surface area contributed by atoms with Gasteiger partial charge in [-0.15, -0.1) is 0 Å². The minimum Gasteiger partial charge on any atom is -0.293 e. The highest BCUT2D eigenvalue weighted by Crippen LogP contribution is 2.69. The molecule has 5 atom stereocenters. The first-order valence-electron chi connectivity index (χ1n) is 6.04. The van der Waals surface area contributed by atoms with Crippen LogP contribution < -0.4 is 0 Å². The molecular weight excluding hydrogens is 215 g/mol. The molecule has 16 heavy (non-hydrogen) atoms. The number of alkyl halides is 3. The van der Waals surface area contributed by atoms with E-state index in [1.165, 1.54) is 0 Å². The summed E-state index contributed by atoms with van der Waals surface area (Å²) in [7, 11) is 0. The van der Waals surface area contributed by atoms with Crippen molar-refractivity contribution in [1.82, 2.24) is 4.90 Å². The summed E-state index contributed by atoms with van der Waals surface area (Å²) in [5.74, 6) is -3.93. The molecule has 3 aliphatic rings. The highest BCUT2D eigenvalue weighted by atomic mass is 19.3. The zero-order valence-corrected chi connectivity index (χ0v) is 9.88. The summed E-state index contributed by atoms with van der Waals surface area (Å²) in [6, 6.07) is -0.664. The zero-order valence-electron chi connectivity index (χ0n) is 9.88. The van der Waals surface area contributed by atoms with E-state index < -0.39 is 30.0 Å². The first kappa shape index (κ1) is 10.9. The Morgan fingerprint density at radius 3 is 2.38 bits per heavy atom. The first-order valence-corrected chi connectivity index (χ1v) is 6.04. The highest BCUT2D eigenvalue weighted by Gasteiger charge is 2.82. The van der Waals surface area contributed by atoms with Crippen LogP contribution in [0.4, 0.5) is 13.2 Å². The van der Waals surface area contributed by atoms with Gasteiger partial charge < -0.3 is 0 Å². The van der Waals surface area contributed by atoms with Crippen LogP contribution in [0.5, 0.6) is 0 Å². The standard InChI is InChI=1S/C12H18F3N/c1-11(2,3)10-8-7(12(8,14)15)9-6(13)4-5-16(9)10/h6-10H,4-5H2,1-3H3. The minimum atomic E-state index is -2.62. The van der Waals surface area contributed by atoms with E-state index in [0.29, 0.717) is 13.0 Å². The number of fused-ring (bicyclic) bond motifs is 3. The molecule has 0 aromatic rings. The van der Waals surface area contributed by atoms with Gasteiger partial charge in [0.15, 0.2) is 0 Å². The molecule has 1 aliphatic carbocycles. The van der Waals surface area contributed by atoms with Crippen molar-refractivity contribution in [2.24, 2.45) is 17.3 Å². The maximum absolute atomic E-state index is 13.7. The lowest BCUT2D eigenvalue weighted by atomic mass is 9.83. The molecule has 92 valence electrons. The van der Waals surface area contributed by atoms with Gasteiger partial charge in [-0.1, -0.05) is 20.8 Å². The molecular formula is C12H18F3N. The van der Waals surface area contributed by atoms with Gasteiger partial charge in [-0.05, 0) is 11.8 Å². The van der Waals surface area contributed by atoms with Crippen LogP contribution in [0.1, 0.15) is 27.2 Å². The van der Waals surface area contributed by atoms with Gasteiger partial charge in [-0.3, -0.25) is 4.90 Å². The first-order chi connectivity index (χ1) is 7.26. The Labute approximate surface area is 94.0 Å². The van der Waals surface area contributed by atoms with Gasteiger partial charge in [-0.25, -0.2) is 13.2 Å². The van der Waals surface area contributed by atoms with Crippen molar-refractivity contribution in [2.45, 2.75) is 51.4 Å². The van der Waals surface area contributed by atoms with Gasteiger partial charge in [-0.2, -0.15) is 0 Å². The van der Waals surface area contributed by atoms with Crippen molar-refractivity contribution in [3.8, 4) is 0 Å². The van der Waals surface area contributed by atoms with Crippen molar-refractivity contribution >= 4 is 0 Å². The summed E-state index contributed by atoms with van der Waals surface area (Å²) < 4.78 is 41.0. The third-order valence-corrected chi connectivity index (χ3v) is 4.54. The number of rotatable bonds is 0. The summed E-state index contributed by atoms with van der Waals surface area (Å²) in [5.41, 5.74) is -0.193. The molecule has 2 saturated heterocycles. The SMILES string of the molecule is CC(C)(C)C1C2C(C3C(F)CCN31)C2(F)F. The van der Waals surface area contributed by atoms with E-state index in [0.717, 1.165) is 0 Å². The van der Waals surface area contributed by atoms with E-state index in [2.05, 4.69) is 0 Å². The van der Waals surface area contributed by atoms with Crippen LogP contribution in [0.15, 0.2) is 0 Å². The molecule has 2 heterocycles. The predicted octanol–water partition coefficient (Wildman–Crippen LogP) is 2.71. The summed E-state index contributed by atoms with van der Waals surface area (Å²) in [6.07, 6.45) is -0.621. The maximum Gasteiger partial charge on any atom is 0.257 e. The monoisotopic (exact) mass is 233 g/mol. The molecule has 0 aromatic heterocycles. The Morgan fingerprint density at radius 2 is 1.81 bits per heavy atom. The molecule has 4 heteroatoms. The van der Waals surface area contributed by atoms with Gasteiger partial charge in [0.25, 0.3) is 5.92 Å². The Morgan fingerprint density at radius 1 is 1.19 bits per heavy atom. The van der Waals surface area contributed by atoms with Crippen LogP contribution in [0.2, 0.25) is 0 Å². The van der Waals surface area contributed by atoms with E-state index in [9.17, 15) is 13.2 Å². The Bertz CT molecular complexity index is 321. The summed E-state index contributed by atoms with van der Waals surface area (Å²) >= 11 is 0. The van der Waals surface area contributed by atoms with Crippen LogP contribution in [0.3, 0.4) is 0 Å². The normalized spacial score (nSPS) is 50.2. The van der Waals surface area contributed by atoms with Gasteiger partial charge in [0, 0.05) is 18.5 Å². The second-order valence-corrected chi connectivity index (χ2v) is 6.57. The average molecular weight is 233 g/mol. The van der Waals surface area contributed by atoms with Crippen LogP contribution in [0, 0.1) is 17.3 Å². The fourth-order valence-electron chi connectivity index (χ4n) is 4.02. The Hall–Kier alpha value is -0.250. The van der Waals surface area contributed by atoms with E-state index in [-0.39, 0.29) is 11.5 Å². The number of hydrogen-bond donors (Lipinski definition) is 0. The Kier molecular flexibility index (Phi) is 1.88. The van der Waals surface area contributed by atoms with Crippen molar-refractivity contribution in [1.29, 1.82) is 0 Å². The van der Waals surface area contributed by atoms with E-state index in [1.54, 1.807) is 0 Å². The number of nitrogens with zero attached hydrogens (tertiary/aromatic N) is 1. The van der Waals surface area contributed by atoms with E-state index >= 15 is 0 Å². The van der Waals surface area contributed by atoms with Crippen LogP contribution >= 0.6 is 0 Å². The molecule has 0 bridgehead atoms. The summed E-state index contributed by atoms with van der Waals surface area (Å²) in [6.45, 7) is 6.60. The van der Waals surface area contributed by atoms with E-state index in [4.69, 9.17) is 0 Å². The fraction of sp³-hybridized carbons (Fsp3) is 1.00. The van der Waals surface area contributed by atoms with Crippen LogP contribution in [-0.4, -0.2) is 35.6 Å². The molecule has 0 amide bonds. The van der Waals surface area contributed by atoms with Gasteiger partial charge in [0.1, 0.15) is 6.17 Å². The largest absolute Gasteiger partial charge is 0.293 e. The van der Waals surface area contributed by atoms with Crippen LogP contribution in [0.25, 0.3) is 0 Å². The number of halogens is 3. The predicted molar refractivity (Wildman–Crippen MR) is 55.2 cm³/mol. The van der Waals surface area contributed by atoms with E-state index in [1.807, 2.05) is 25.7 Å². The maximum atomic E-state index is 13.7. The van der Waals surface area contributed by atoms with Gasteiger partial charge in [0.05, 0.1) is 12.0 Å². The van der Waals surface area contributed by atoms with Crippen LogP contribution in [-0.2, 0) is 0 Å². The lowest BCUT2D eigenvalue weighted by Gasteiger charge is -2.38. The van der Waals surface area contributed by atoms with Gasteiger partial charge >= 0.3 is 0 Å². The lowest BCUT2D eigenvalue weighted by molar-refractivity contribution is -0.0138. The Balaban J connectivity index is 1.96. The van der Waals surface area contributed by atoms with Crippen molar-refractivity contribution in [3.05, 3.63) is 0 Å². The third kappa shape index (κ3) is 1.12. The van der Waals surface area contributed by atoms with Crippen molar-refractivity contribution in [2.75, 3.05) is 6.54 Å². The molecule has 0 radical (unpaired) electrons. The smallest absolute Gasteiger partial charge is 0.257 e. The highest BCUT2D eigenvalue weighted by molar-refractivity contribution is 5.25. The zero-order chi connectivity index (χ0) is 11.9. The number of hydrogen-bond acceptors (Lipinski definition) is 1. The number of piperidine rings is 1. The summed E-state index contributed by atoms with van der Waals surface area (Å²) in [4.78, 5) is 2.01. The molecule has 1 saturated carbocycles. The minimum absolute atomic E-state index is 0.154. The molecule has 2 aliphatic heterocycles. The molecule has 1 nitrogen and oxygen atoms in total. The molecule has 3 rings (SSSR count). The second-order valence-electron chi connectivity index (χ2n) is 6.57. The third-order valence-electron chi connectivity index (χ3n) is 4.54. The van der Waals surface area contributed by atoms with Crippen molar-refractivity contribution in [3.63, 3.8) is 0 Å². The molecule has 0 aromatic carbocycles. The van der Waals surface area contributed by atoms with Gasteiger partial charge in [0.2, 0.25) is 0 Å². The fourth-order valence-corrected chi connectivity index (χ4v) is 4.02. The molecule has 0 spiro atoms. The topological polar surface area (TPSA) is 3.24 Å². The average Bonchev–Trinajstić information content (AvgIpc) is 2.50. The van der Waals surface area contributed by atoms with Crippen molar-refractivity contribution < 1.29 is 13.2 Å². The lowest BCUT2D eigenvalue weighted by Crippen LogP contribution is -2.47. The molecule has 5 unspecified atom stereocenters. The molecule has 3 fully saturated rings.